The molecular weight excluding hydrogens is 306 g/mol. The summed E-state index contributed by atoms with van der Waals surface area (Å²) in [4.78, 5) is 12.5. The van der Waals surface area contributed by atoms with Crippen molar-refractivity contribution in [3.63, 3.8) is 0 Å². The fraction of sp³-hybridized carbons (Fsp3) is 0.625. The lowest BCUT2D eigenvalue weighted by Gasteiger charge is -2.25. The first kappa shape index (κ1) is 16.6. The highest BCUT2D eigenvalue weighted by atomic mass is 16.2. The molecule has 2 aromatic heterocycles. The second-order valence-corrected chi connectivity index (χ2v) is 6.47. The number of aryl methyl sites for hydroxylation is 1. The van der Waals surface area contributed by atoms with Crippen LogP contribution < -0.4 is 11.1 Å². The van der Waals surface area contributed by atoms with E-state index in [1.807, 2.05) is 24.7 Å². The number of amides is 1. The number of carbonyl (C=O) groups excluding carboxylic acids is 1. The maximum Gasteiger partial charge on any atom is 0.273 e. The van der Waals surface area contributed by atoms with Crippen LogP contribution in [0.15, 0.2) is 18.5 Å². The Morgan fingerprint density at radius 1 is 1.42 bits per heavy atom. The molecule has 0 aliphatic heterocycles. The molecule has 130 valence electrons. The molecule has 8 nitrogen and oxygen atoms in total. The third-order valence-electron chi connectivity index (χ3n) is 4.79. The molecule has 3 rings (SSSR count). The first-order valence-corrected chi connectivity index (χ1v) is 8.54. The Morgan fingerprint density at radius 2 is 2.17 bits per heavy atom. The smallest absolute Gasteiger partial charge is 0.273 e. The number of aromatic nitrogens is 5. The Morgan fingerprint density at radius 3 is 2.79 bits per heavy atom. The average Bonchev–Trinajstić information content (AvgIpc) is 3.22. The molecule has 24 heavy (non-hydrogen) atoms. The van der Waals surface area contributed by atoms with E-state index in [0.717, 1.165) is 37.8 Å². The zero-order valence-corrected chi connectivity index (χ0v) is 14.2. The SMILES string of the molecule is CC[C@@H](NC(=O)c1cn(C2CCC(N)CC2)nn1)c1ccnn1C. The Hall–Kier alpha value is -2.22. The van der Waals surface area contributed by atoms with Gasteiger partial charge in [-0.3, -0.25) is 9.48 Å². The summed E-state index contributed by atoms with van der Waals surface area (Å²) in [5.41, 5.74) is 7.26. The van der Waals surface area contributed by atoms with Crippen molar-refractivity contribution in [1.29, 1.82) is 0 Å². The maximum absolute atomic E-state index is 12.5. The van der Waals surface area contributed by atoms with Crippen LogP contribution in [0.3, 0.4) is 0 Å². The van der Waals surface area contributed by atoms with E-state index < -0.39 is 0 Å². The monoisotopic (exact) mass is 331 g/mol. The second kappa shape index (κ2) is 7.12. The van der Waals surface area contributed by atoms with Crippen molar-refractivity contribution < 1.29 is 4.79 Å². The van der Waals surface area contributed by atoms with Gasteiger partial charge in [0.25, 0.3) is 5.91 Å². The van der Waals surface area contributed by atoms with Crippen LogP contribution in [0.1, 0.15) is 67.3 Å². The molecule has 8 heteroatoms. The molecule has 2 aromatic rings. The van der Waals surface area contributed by atoms with E-state index in [0.29, 0.717) is 5.69 Å². The van der Waals surface area contributed by atoms with E-state index in [2.05, 4.69) is 20.7 Å². The van der Waals surface area contributed by atoms with Crippen LogP contribution in [0.4, 0.5) is 0 Å². The second-order valence-electron chi connectivity index (χ2n) is 6.47. The van der Waals surface area contributed by atoms with Crippen LogP contribution in [-0.4, -0.2) is 36.7 Å². The van der Waals surface area contributed by atoms with Crippen LogP contribution in [0, 0.1) is 0 Å². The molecule has 0 saturated heterocycles. The van der Waals surface area contributed by atoms with Gasteiger partial charge in [0, 0.05) is 19.3 Å². The molecule has 3 N–H and O–H groups in total. The highest BCUT2D eigenvalue weighted by Gasteiger charge is 2.23. The van der Waals surface area contributed by atoms with Gasteiger partial charge in [-0.2, -0.15) is 5.10 Å². The fourth-order valence-corrected chi connectivity index (χ4v) is 3.27. The van der Waals surface area contributed by atoms with Gasteiger partial charge in [-0.1, -0.05) is 12.1 Å². The molecule has 2 heterocycles. The normalized spacial score (nSPS) is 22.3. The Balaban J connectivity index is 1.66. The van der Waals surface area contributed by atoms with E-state index in [4.69, 9.17) is 5.73 Å². The molecule has 1 amide bonds. The molecule has 0 radical (unpaired) electrons. The molecule has 0 spiro atoms. The summed E-state index contributed by atoms with van der Waals surface area (Å²) in [5, 5.41) is 15.4. The van der Waals surface area contributed by atoms with Crippen LogP contribution >= 0.6 is 0 Å². The summed E-state index contributed by atoms with van der Waals surface area (Å²) >= 11 is 0. The molecule has 1 saturated carbocycles. The highest BCUT2D eigenvalue weighted by Crippen LogP contribution is 2.26. The van der Waals surface area contributed by atoms with Gasteiger partial charge in [-0.15, -0.1) is 5.10 Å². The summed E-state index contributed by atoms with van der Waals surface area (Å²) in [5.74, 6) is -0.207. The number of nitrogens with zero attached hydrogens (tertiary/aromatic N) is 5. The van der Waals surface area contributed by atoms with E-state index >= 15 is 0 Å². The maximum atomic E-state index is 12.5. The predicted molar refractivity (Wildman–Crippen MR) is 89.2 cm³/mol. The summed E-state index contributed by atoms with van der Waals surface area (Å²) in [6.07, 6.45) is 8.20. The van der Waals surface area contributed by atoms with Gasteiger partial charge in [-0.05, 0) is 38.2 Å². The van der Waals surface area contributed by atoms with Crippen LogP contribution in [-0.2, 0) is 7.05 Å². The van der Waals surface area contributed by atoms with Gasteiger partial charge in [0.2, 0.25) is 0 Å². The third-order valence-corrected chi connectivity index (χ3v) is 4.79. The summed E-state index contributed by atoms with van der Waals surface area (Å²) in [6.45, 7) is 2.03. The molecule has 1 fully saturated rings. The van der Waals surface area contributed by atoms with Gasteiger partial charge in [0.15, 0.2) is 5.69 Å². The number of hydrogen-bond donors (Lipinski definition) is 2. The van der Waals surface area contributed by atoms with Crippen molar-refractivity contribution in [1.82, 2.24) is 30.1 Å². The molecule has 1 atom stereocenters. The molecule has 1 aliphatic carbocycles. The van der Waals surface area contributed by atoms with Gasteiger partial charge in [0.05, 0.1) is 24.0 Å². The molecular formula is C16H25N7O. The van der Waals surface area contributed by atoms with Crippen molar-refractivity contribution in [2.24, 2.45) is 12.8 Å². The number of carbonyl (C=O) groups is 1. The van der Waals surface area contributed by atoms with Crippen LogP contribution in [0.5, 0.6) is 0 Å². The Kier molecular flexibility index (Phi) is 4.94. The van der Waals surface area contributed by atoms with E-state index in [1.54, 1.807) is 17.1 Å². The summed E-state index contributed by atoms with van der Waals surface area (Å²) in [7, 11) is 1.87. The summed E-state index contributed by atoms with van der Waals surface area (Å²) < 4.78 is 3.59. The largest absolute Gasteiger partial charge is 0.342 e. The third kappa shape index (κ3) is 3.48. The summed E-state index contributed by atoms with van der Waals surface area (Å²) in [6, 6.07) is 2.40. The fourth-order valence-electron chi connectivity index (χ4n) is 3.27. The standard InChI is InChI=1S/C16H25N7O/c1-3-13(15-8-9-18-22(15)2)19-16(24)14-10-23(21-20-14)12-6-4-11(17)5-7-12/h8-13H,3-7,17H2,1-2H3,(H,19,24)/t11?,12?,13-/m1/s1. The van der Waals surface area contributed by atoms with Crippen LogP contribution in [0.25, 0.3) is 0 Å². The minimum atomic E-state index is -0.207. The Labute approximate surface area is 141 Å². The minimum Gasteiger partial charge on any atom is -0.342 e. The lowest BCUT2D eigenvalue weighted by Crippen LogP contribution is -2.30. The topological polar surface area (TPSA) is 104 Å². The van der Waals surface area contributed by atoms with Crippen LogP contribution in [0.2, 0.25) is 0 Å². The van der Waals surface area contributed by atoms with Gasteiger partial charge in [0.1, 0.15) is 0 Å². The molecule has 0 bridgehead atoms. The number of nitrogens with two attached hydrogens (primary N) is 1. The lowest BCUT2D eigenvalue weighted by molar-refractivity contribution is 0.0928. The van der Waals surface area contributed by atoms with E-state index in [9.17, 15) is 4.79 Å². The van der Waals surface area contributed by atoms with Crippen molar-refractivity contribution >= 4 is 5.91 Å². The van der Waals surface area contributed by atoms with Crippen molar-refractivity contribution in [2.45, 2.75) is 57.2 Å². The molecule has 1 aliphatic rings. The average molecular weight is 331 g/mol. The van der Waals surface area contributed by atoms with Gasteiger partial charge < -0.3 is 11.1 Å². The molecule has 0 aromatic carbocycles. The number of hydrogen-bond acceptors (Lipinski definition) is 5. The lowest BCUT2D eigenvalue weighted by atomic mass is 9.92. The van der Waals surface area contributed by atoms with Crippen molar-refractivity contribution in [2.75, 3.05) is 0 Å². The van der Waals surface area contributed by atoms with Crippen molar-refractivity contribution in [3.8, 4) is 0 Å². The number of rotatable bonds is 5. The first-order valence-electron chi connectivity index (χ1n) is 8.54. The quantitative estimate of drug-likeness (QED) is 0.860. The van der Waals surface area contributed by atoms with Gasteiger partial charge >= 0.3 is 0 Å². The molecule has 0 unspecified atom stereocenters. The first-order chi connectivity index (χ1) is 11.6. The number of nitrogens with one attached hydrogen (secondary N) is 1. The predicted octanol–water partition coefficient (Wildman–Crippen LogP) is 1.34. The van der Waals surface area contributed by atoms with Crippen molar-refractivity contribution in [3.05, 3.63) is 29.8 Å². The van der Waals surface area contributed by atoms with Gasteiger partial charge in [-0.25, -0.2) is 4.68 Å². The van der Waals surface area contributed by atoms with E-state index in [1.165, 1.54) is 0 Å². The van der Waals surface area contributed by atoms with E-state index in [-0.39, 0.29) is 24.0 Å². The minimum absolute atomic E-state index is 0.0946. The highest BCUT2D eigenvalue weighted by molar-refractivity contribution is 5.92. The zero-order valence-electron chi connectivity index (χ0n) is 14.2. The zero-order chi connectivity index (χ0) is 17.1. The Bertz CT molecular complexity index is 684.